The van der Waals surface area contributed by atoms with Crippen LogP contribution in [0.1, 0.15) is 0 Å². The van der Waals surface area contributed by atoms with E-state index in [1.165, 1.54) is 0 Å². The van der Waals surface area contributed by atoms with Crippen molar-refractivity contribution >= 4 is 28.5 Å². The molecule has 4 N–H and O–H groups in total. The number of nitrogens with one attached hydrogen (secondary N) is 1. The van der Waals surface area contributed by atoms with Crippen molar-refractivity contribution < 1.29 is 8.76 Å². The fourth-order valence-electron chi connectivity index (χ4n) is 1.25. The average molecular weight is 250 g/mol. The third-order valence-corrected chi connectivity index (χ3v) is 2.68. The summed E-state index contributed by atoms with van der Waals surface area (Å²) in [4.78, 5) is 8.09. The molecule has 0 aliphatic heterocycles. The molecule has 0 saturated carbocycles. The van der Waals surface area contributed by atoms with Gasteiger partial charge in [0.15, 0.2) is 11.1 Å². The quantitative estimate of drug-likeness (QED) is 0.711. The lowest BCUT2D eigenvalue weighted by Crippen LogP contribution is -1.99. The number of benzene rings is 1. The van der Waals surface area contributed by atoms with Crippen LogP contribution in [0.3, 0.4) is 0 Å². The van der Waals surface area contributed by atoms with Crippen LogP contribution < -0.4 is 11.1 Å². The molecule has 7 heteroatoms. The molecular formula is C10H10N4O2S. The summed E-state index contributed by atoms with van der Waals surface area (Å²) < 4.78 is 19.6. The minimum absolute atomic E-state index is 0.183. The Morgan fingerprint density at radius 2 is 1.94 bits per heavy atom. The lowest BCUT2D eigenvalue weighted by atomic mass is 10.3. The summed E-state index contributed by atoms with van der Waals surface area (Å²) in [6, 6.07) is 8.16. The highest BCUT2D eigenvalue weighted by Crippen LogP contribution is 2.16. The van der Waals surface area contributed by atoms with Gasteiger partial charge in [-0.1, -0.05) is 0 Å². The monoisotopic (exact) mass is 250 g/mol. The Morgan fingerprint density at radius 3 is 2.53 bits per heavy atom. The van der Waals surface area contributed by atoms with Gasteiger partial charge in [-0.3, -0.25) is 0 Å². The summed E-state index contributed by atoms with van der Waals surface area (Å²) in [6.45, 7) is 0. The van der Waals surface area contributed by atoms with E-state index in [2.05, 4.69) is 15.3 Å². The van der Waals surface area contributed by atoms with Crippen LogP contribution in [-0.4, -0.2) is 18.7 Å². The zero-order valence-electron chi connectivity index (χ0n) is 8.70. The predicted octanol–water partition coefficient (Wildman–Crippen LogP) is 1.38. The first kappa shape index (κ1) is 11.5. The third-order valence-electron chi connectivity index (χ3n) is 2.00. The lowest BCUT2D eigenvalue weighted by Gasteiger charge is -2.05. The second kappa shape index (κ2) is 4.89. The van der Waals surface area contributed by atoms with Crippen LogP contribution in [0.15, 0.2) is 41.4 Å². The molecule has 1 aromatic heterocycles. The molecule has 1 heterocycles. The van der Waals surface area contributed by atoms with Gasteiger partial charge in [0.1, 0.15) is 5.82 Å². The Hall–Kier alpha value is -1.99. The molecule has 88 valence electrons. The van der Waals surface area contributed by atoms with Crippen molar-refractivity contribution in [2.24, 2.45) is 0 Å². The molecule has 0 aliphatic rings. The molecular weight excluding hydrogens is 240 g/mol. The first-order chi connectivity index (χ1) is 8.15. The van der Waals surface area contributed by atoms with Crippen LogP contribution in [0, 0.1) is 0 Å². The number of rotatable bonds is 3. The van der Waals surface area contributed by atoms with E-state index in [0.29, 0.717) is 10.7 Å². The van der Waals surface area contributed by atoms with E-state index < -0.39 is 11.1 Å². The van der Waals surface area contributed by atoms with Gasteiger partial charge in [-0.25, -0.2) is 9.19 Å². The van der Waals surface area contributed by atoms with Crippen LogP contribution in [0.4, 0.5) is 17.5 Å². The third kappa shape index (κ3) is 2.99. The predicted molar refractivity (Wildman–Crippen MR) is 65.2 cm³/mol. The summed E-state index contributed by atoms with van der Waals surface area (Å²) in [5.41, 5.74) is 6.19. The van der Waals surface area contributed by atoms with E-state index in [1.54, 1.807) is 36.5 Å². The van der Waals surface area contributed by atoms with Gasteiger partial charge in [-0.2, -0.15) is 4.98 Å². The molecule has 0 aliphatic carbocycles. The van der Waals surface area contributed by atoms with E-state index in [-0.39, 0.29) is 5.95 Å². The number of nitrogen functional groups attached to an aromatic ring is 1. The number of hydrogen-bond acceptors (Lipinski definition) is 5. The van der Waals surface area contributed by atoms with E-state index in [4.69, 9.17) is 10.3 Å². The summed E-state index contributed by atoms with van der Waals surface area (Å²) in [7, 11) is 0. The molecule has 0 spiro atoms. The van der Waals surface area contributed by atoms with Crippen LogP contribution in [0.25, 0.3) is 0 Å². The van der Waals surface area contributed by atoms with Gasteiger partial charge < -0.3 is 15.6 Å². The van der Waals surface area contributed by atoms with Gasteiger partial charge in [0, 0.05) is 11.9 Å². The van der Waals surface area contributed by atoms with Gasteiger partial charge in [-0.05, 0) is 30.3 Å². The molecule has 1 unspecified atom stereocenters. The van der Waals surface area contributed by atoms with Gasteiger partial charge in [0.2, 0.25) is 5.95 Å². The maximum absolute atomic E-state index is 10.8. The van der Waals surface area contributed by atoms with Gasteiger partial charge in [-0.15, -0.1) is 0 Å². The number of anilines is 3. The SMILES string of the molecule is Nc1nccc(Nc2ccc(S(=O)O)cc2)n1. The molecule has 0 bridgehead atoms. The minimum atomic E-state index is -1.96. The number of hydrogen-bond donors (Lipinski definition) is 3. The van der Waals surface area contributed by atoms with Crippen molar-refractivity contribution in [3.05, 3.63) is 36.5 Å². The normalized spacial score (nSPS) is 12.1. The highest BCUT2D eigenvalue weighted by molar-refractivity contribution is 7.79. The fraction of sp³-hybridized carbons (Fsp3) is 0. The molecule has 2 aromatic rings. The van der Waals surface area contributed by atoms with Crippen molar-refractivity contribution in [2.75, 3.05) is 11.1 Å². The maximum Gasteiger partial charge on any atom is 0.221 e. The molecule has 0 fully saturated rings. The van der Waals surface area contributed by atoms with Gasteiger partial charge >= 0.3 is 0 Å². The minimum Gasteiger partial charge on any atom is -0.368 e. The van der Waals surface area contributed by atoms with Crippen LogP contribution in [0.5, 0.6) is 0 Å². The molecule has 1 aromatic carbocycles. The molecule has 2 rings (SSSR count). The Labute approximate surface area is 100 Å². The van der Waals surface area contributed by atoms with Gasteiger partial charge in [0.25, 0.3) is 0 Å². The summed E-state index contributed by atoms with van der Waals surface area (Å²) in [5, 5.41) is 3.00. The Morgan fingerprint density at radius 1 is 1.24 bits per heavy atom. The Kier molecular flexibility index (Phi) is 3.31. The van der Waals surface area contributed by atoms with E-state index in [0.717, 1.165) is 5.69 Å². The molecule has 1 atom stereocenters. The Bertz CT molecular complexity index is 544. The zero-order valence-corrected chi connectivity index (χ0v) is 9.52. The van der Waals surface area contributed by atoms with Crippen molar-refractivity contribution in [2.45, 2.75) is 4.90 Å². The molecule has 0 saturated heterocycles. The van der Waals surface area contributed by atoms with Crippen LogP contribution in [0.2, 0.25) is 0 Å². The second-order valence-electron chi connectivity index (χ2n) is 3.20. The van der Waals surface area contributed by atoms with Crippen molar-refractivity contribution in [1.82, 2.24) is 9.97 Å². The number of nitrogens with two attached hydrogens (primary N) is 1. The van der Waals surface area contributed by atoms with Crippen molar-refractivity contribution in [1.29, 1.82) is 0 Å². The standard InChI is InChI=1S/C10H10N4O2S/c11-10-12-6-5-9(14-10)13-7-1-3-8(4-2-7)17(15)16/h1-6H,(H,15,16)(H3,11,12,13,14). The summed E-state index contributed by atoms with van der Waals surface area (Å²) >= 11 is -1.96. The second-order valence-corrected chi connectivity index (χ2v) is 4.17. The highest BCUT2D eigenvalue weighted by Gasteiger charge is 2.00. The first-order valence-corrected chi connectivity index (χ1v) is 5.82. The van der Waals surface area contributed by atoms with Crippen LogP contribution in [-0.2, 0) is 11.1 Å². The molecule has 0 radical (unpaired) electrons. The van der Waals surface area contributed by atoms with E-state index >= 15 is 0 Å². The van der Waals surface area contributed by atoms with Gasteiger partial charge in [0.05, 0.1) is 4.90 Å². The fourth-order valence-corrected chi connectivity index (χ4v) is 1.61. The largest absolute Gasteiger partial charge is 0.368 e. The molecule has 17 heavy (non-hydrogen) atoms. The topological polar surface area (TPSA) is 101 Å². The summed E-state index contributed by atoms with van der Waals surface area (Å²) in [5.74, 6) is 0.749. The lowest BCUT2D eigenvalue weighted by molar-refractivity contribution is 0.564. The maximum atomic E-state index is 10.8. The van der Waals surface area contributed by atoms with E-state index in [1.807, 2.05) is 0 Å². The Balaban J connectivity index is 2.16. The summed E-state index contributed by atoms with van der Waals surface area (Å²) in [6.07, 6.45) is 1.54. The van der Waals surface area contributed by atoms with Crippen molar-refractivity contribution in [3.8, 4) is 0 Å². The molecule has 6 nitrogen and oxygen atoms in total. The first-order valence-electron chi connectivity index (χ1n) is 4.71. The van der Waals surface area contributed by atoms with Crippen molar-refractivity contribution in [3.63, 3.8) is 0 Å². The number of aromatic nitrogens is 2. The molecule has 0 amide bonds. The average Bonchev–Trinajstić information content (AvgIpc) is 2.29. The zero-order chi connectivity index (χ0) is 12.3. The van der Waals surface area contributed by atoms with Crippen LogP contribution >= 0.6 is 0 Å². The van der Waals surface area contributed by atoms with E-state index in [9.17, 15) is 4.21 Å². The highest BCUT2D eigenvalue weighted by atomic mass is 32.2. The number of nitrogens with zero attached hydrogens (tertiary/aromatic N) is 2. The smallest absolute Gasteiger partial charge is 0.221 e.